The number of hydrogen-bond acceptors (Lipinski definition) is 8. The molecule has 0 amide bonds. The van der Waals surface area contributed by atoms with Crippen LogP contribution in [0.1, 0.15) is 0 Å². The van der Waals surface area contributed by atoms with Gasteiger partial charge in [0.1, 0.15) is 0 Å². The summed E-state index contributed by atoms with van der Waals surface area (Å²) in [6.07, 6.45) is 3.48. The molecule has 0 spiro atoms. The van der Waals surface area contributed by atoms with Crippen molar-refractivity contribution >= 4 is 224 Å². The number of aromatic nitrogens is 14. The molecule has 0 saturated heterocycles. The van der Waals surface area contributed by atoms with Gasteiger partial charge in [0, 0.05) is 137 Å². The van der Waals surface area contributed by atoms with Crippen LogP contribution in [0.3, 0.4) is 0 Å². The van der Waals surface area contributed by atoms with Gasteiger partial charge in [0.05, 0.1) is 117 Å². The van der Waals surface area contributed by atoms with Crippen LogP contribution in [0.15, 0.2) is 376 Å². The third kappa shape index (κ3) is 9.89. The van der Waals surface area contributed by atoms with Crippen molar-refractivity contribution in [1.82, 2.24) is 66.8 Å². The van der Waals surface area contributed by atoms with Crippen LogP contribution in [0.5, 0.6) is 0 Å². The van der Waals surface area contributed by atoms with Crippen LogP contribution >= 0.6 is 0 Å². The molecule has 0 fully saturated rings. The van der Waals surface area contributed by atoms with Crippen molar-refractivity contribution in [3.63, 3.8) is 0 Å². The average molecular weight is 1660 g/mol. The molecule has 0 N–H and O–H groups in total. The van der Waals surface area contributed by atoms with Crippen LogP contribution in [0, 0.1) is 13.1 Å². The predicted molar refractivity (Wildman–Crippen MR) is 530 cm³/mol. The maximum atomic E-state index is 7.82. The lowest BCUT2D eigenvalue weighted by Crippen LogP contribution is -2.04. The Morgan fingerprint density at radius 1 is 0.215 bits per heavy atom. The number of benzene rings is 16. The highest BCUT2D eigenvalue weighted by molar-refractivity contribution is 6.38. The van der Waals surface area contributed by atoms with Crippen molar-refractivity contribution in [1.29, 1.82) is 0 Å². The molecule has 0 atom stereocenters. The first-order valence-electron chi connectivity index (χ1n) is 43.3. The fourth-order valence-corrected chi connectivity index (χ4v) is 21.4. The first-order chi connectivity index (χ1) is 64.5. The van der Waals surface area contributed by atoms with E-state index in [-0.39, 0.29) is 0 Å². The Labute approximate surface area is 736 Å². The van der Waals surface area contributed by atoms with E-state index < -0.39 is 0 Å². The summed E-state index contributed by atoms with van der Waals surface area (Å²) in [4.78, 5) is 46.8. The fraction of sp³-hybridized carbons (Fsp3) is 0. The lowest BCUT2D eigenvalue weighted by atomic mass is 10.0. The lowest BCUT2D eigenvalue weighted by molar-refractivity contribution is 1.01. The van der Waals surface area contributed by atoms with Crippen molar-refractivity contribution in [2.75, 3.05) is 0 Å². The molecule has 16 heteroatoms. The van der Waals surface area contributed by atoms with E-state index in [1.807, 2.05) is 84.9 Å². The molecule has 16 nitrogen and oxygen atoms in total. The number of pyridine rings is 2. The fourth-order valence-electron chi connectivity index (χ4n) is 21.4. The summed E-state index contributed by atoms with van der Waals surface area (Å²) in [5, 5.41) is 23.4. The van der Waals surface area contributed by atoms with Gasteiger partial charge in [-0.25, -0.2) is 29.8 Å². The first kappa shape index (κ1) is 71.1. The quantitative estimate of drug-likeness (QED) is 0.150. The minimum Gasteiger partial charge on any atom is -0.360 e. The molecule has 0 aliphatic rings. The Morgan fingerprint density at radius 2 is 0.531 bits per heavy atom. The molecule has 0 bridgehead atoms. The predicted octanol–water partition coefficient (Wildman–Crippen LogP) is 28.5. The van der Waals surface area contributed by atoms with Gasteiger partial charge < -0.3 is 22.6 Å². The molecular weight excluding hydrogens is 1590 g/mol. The summed E-state index contributed by atoms with van der Waals surface area (Å²) in [6, 6.07) is 127. The average Bonchev–Trinajstić information content (AvgIpc) is 1.52. The Hall–Kier alpha value is -18.4. The van der Waals surface area contributed by atoms with Gasteiger partial charge in [-0.1, -0.05) is 260 Å². The van der Waals surface area contributed by atoms with E-state index in [0.29, 0.717) is 40.1 Å². The zero-order valence-electron chi connectivity index (χ0n) is 69.0. The van der Waals surface area contributed by atoms with Crippen molar-refractivity contribution in [2.45, 2.75) is 0 Å². The summed E-state index contributed by atoms with van der Waals surface area (Å²) < 4.78 is 14.0. The largest absolute Gasteiger partial charge is 0.360 e. The Bertz CT molecular complexity index is 10200. The van der Waals surface area contributed by atoms with E-state index in [1.54, 1.807) is 12.4 Å². The zero-order chi connectivity index (χ0) is 85.2. The van der Waals surface area contributed by atoms with Gasteiger partial charge in [0.15, 0.2) is 17.0 Å². The van der Waals surface area contributed by atoms with E-state index in [9.17, 15) is 0 Å². The Kier molecular flexibility index (Phi) is 14.8. The molecule has 598 valence electrons. The second-order valence-corrected chi connectivity index (χ2v) is 33.4. The molecule has 14 heterocycles. The summed E-state index contributed by atoms with van der Waals surface area (Å²) >= 11 is 0. The van der Waals surface area contributed by atoms with Gasteiger partial charge in [-0.2, -0.15) is 9.97 Å². The van der Waals surface area contributed by atoms with E-state index in [2.05, 4.69) is 326 Å². The molecule has 16 aromatic carbocycles. The summed E-state index contributed by atoms with van der Waals surface area (Å²) in [7, 11) is 0. The maximum absolute atomic E-state index is 7.82. The molecular formula is C114H62N16. The number of hydrogen-bond donors (Lipinski definition) is 0. The summed E-state index contributed by atoms with van der Waals surface area (Å²) in [5.74, 6) is 1.32. The van der Waals surface area contributed by atoms with E-state index in [1.165, 1.54) is 131 Å². The molecule has 0 aliphatic carbocycles. The SMILES string of the molecule is [C-]#[N+]c1ccc(-c2nc(-n3c4ccccc4c4cc5c6ccccc6n6c7ccccc7c(c43)c56)nc3ncccc23)cc1.[C-]#[N+]c1nc(-n2c3ccccc3c3cc4c5ccccc5n5c6ccccc6c(c32)c45)nc2ncccc12.c1ccc(-c2nc3ccccc3nc2-c2ccc(-n3c4ccccc4c4cc5c6ccccc6n6c7ccccc7c(c43)c56)cc2)cc1. The highest BCUT2D eigenvalue weighted by Crippen LogP contribution is 2.52. The number of para-hydroxylation sites is 11. The summed E-state index contributed by atoms with van der Waals surface area (Å²) in [6.45, 7) is 15.2. The molecule has 30 rings (SSSR count). The molecule has 130 heavy (non-hydrogen) atoms. The minimum atomic E-state index is 0.302. The second-order valence-electron chi connectivity index (χ2n) is 33.4. The van der Waals surface area contributed by atoms with E-state index in [0.717, 1.165) is 105 Å². The minimum absolute atomic E-state index is 0.302. The van der Waals surface area contributed by atoms with Gasteiger partial charge >= 0.3 is 5.95 Å². The van der Waals surface area contributed by atoms with Crippen LogP contribution in [-0.2, 0) is 0 Å². The molecule has 0 aliphatic heterocycles. The lowest BCUT2D eigenvalue weighted by Gasteiger charge is -2.13. The molecule has 0 radical (unpaired) electrons. The van der Waals surface area contributed by atoms with Gasteiger partial charge in [0.25, 0.3) is 5.82 Å². The molecule has 0 saturated carbocycles. The molecule has 30 aromatic rings. The van der Waals surface area contributed by atoms with Gasteiger partial charge in [-0.3, -0.25) is 9.13 Å². The normalized spacial score (nSPS) is 12.1. The van der Waals surface area contributed by atoms with Crippen LogP contribution in [0.25, 0.3) is 274 Å². The van der Waals surface area contributed by atoms with Crippen molar-refractivity contribution in [3.8, 4) is 51.4 Å². The summed E-state index contributed by atoms with van der Waals surface area (Å²) in [5.41, 5.74) is 27.7. The smallest absolute Gasteiger partial charge is 0.333 e. The van der Waals surface area contributed by atoms with Gasteiger partial charge in [-0.15, -0.1) is 0 Å². The number of rotatable bonds is 6. The first-order valence-corrected chi connectivity index (χ1v) is 43.3. The van der Waals surface area contributed by atoms with Crippen molar-refractivity contribution in [3.05, 3.63) is 399 Å². The van der Waals surface area contributed by atoms with Crippen molar-refractivity contribution < 1.29 is 0 Å². The third-order valence-corrected chi connectivity index (χ3v) is 26.7. The van der Waals surface area contributed by atoms with E-state index in [4.69, 9.17) is 43.0 Å². The highest BCUT2D eigenvalue weighted by Gasteiger charge is 2.31. The van der Waals surface area contributed by atoms with Crippen LogP contribution in [-0.4, -0.2) is 66.8 Å². The standard InChI is InChI=1S/C44H26N4.C38H20N6.C32H16N6/c1-2-12-27(13-3-1)41-42(46-36-18-8-7-17-35(36)45-41)28-22-24-29(25-23-28)47-37-19-9-4-14-30(37)33-26-34-31-15-5-10-20-38(31)48-39-21-11-6-16-32(39)40(43(33)47)44(34)48;1-39-23-18-16-22(17-19-23)34-27-12-8-20-40-37(27)42-38(41-34)44-31-14-6-3-10-25(31)29-21-28-24-9-2-5-13-30(24)43-32-15-7-4-11-26(32)33(35(28)43)36(29)44;1-33-30-21-12-8-16-34-31(21)36-32(35-30)38-25-14-6-3-10-19(25)23-17-22-18-9-2-5-13-24(18)37-26-15-7-4-11-20(26)27(28(22)37)29(23)38/h1-26H;2-21H;2-17H. The Balaban J connectivity index is 0.0000000987. The monoisotopic (exact) mass is 1650 g/mol. The Morgan fingerprint density at radius 3 is 0.962 bits per heavy atom. The maximum Gasteiger partial charge on any atom is 0.333 e. The van der Waals surface area contributed by atoms with Crippen LogP contribution in [0.2, 0.25) is 0 Å². The second kappa shape index (κ2) is 27.1. The number of nitrogens with zero attached hydrogens (tertiary/aromatic N) is 16. The number of fused-ring (bicyclic) bond motifs is 33. The van der Waals surface area contributed by atoms with Crippen molar-refractivity contribution in [2.24, 2.45) is 0 Å². The van der Waals surface area contributed by atoms with Gasteiger partial charge in [-0.05, 0) is 121 Å². The van der Waals surface area contributed by atoms with Gasteiger partial charge in [0.2, 0.25) is 5.95 Å². The third-order valence-electron chi connectivity index (χ3n) is 26.7. The topological polar surface area (TPSA) is 140 Å². The molecule has 14 aromatic heterocycles. The van der Waals surface area contributed by atoms with Crippen LogP contribution < -0.4 is 0 Å². The van der Waals surface area contributed by atoms with Crippen LogP contribution in [0.4, 0.5) is 11.5 Å². The zero-order valence-corrected chi connectivity index (χ0v) is 69.0. The molecule has 0 unspecified atom stereocenters. The highest BCUT2D eigenvalue weighted by atomic mass is 15.2. The van der Waals surface area contributed by atoms with E-state index >= 15 is 0 Å².